The van der Waals surface area contributed by atoms with E-state index in [1.54, 1.807) is 25.1 Å². The molecule has 0 amide bonds. The van der Waals surface area contributed by atoms with Crippen LogP contribution in [-0.2, 0) is 0 Å². The van der Waals surface area contributed by atoms with E-state index in [-0.39, 0.29) is 0 Å². The lowest BCUT2D eigenvalue weighted by Crippen LogP contribution is -2.00. The van der Waals surface area contributed by atoms with Crippen LogP contribution in [0, 0.1) is 6.92 Å². The van der Waals surface area contributed by atoms with Gasteiger partial charge in [-0.25, -0.2) is 4.79 Å². The topological polar surface area (TPSA) is 37.3 Å². The van der Waals surface area contributed by atoms with Crippen LogP contribution in [0.4, 0.5) is 0 Å². The molecule has 2 nitrogen and oxygen atoms in total. The summed E-state index contributed by atoms with van der Waals surface area (Å²) in [7, 11) is 0. The molecule has 2 aromatic rings. The van der Waals surface area contributed by atoms with E-state index in [4.69, 9.17) is 16.7 Å². The Balaban J connectivity index is 2.65. The molecule has 86 valence electrons. The number of halogens is 1. The molecule has 0 heterocycles. The van der Waals surface area contributed by atoms with Crippen LogP contribution < -0.4 is 0 Å². The molecule has 2 rings (SSSR count). The van der Waals surface area contributed by atoms with E-state index < -0.39 is 5.97 Å². The molecule has 2 aromatic carbocycles. The largest absolute Gasteiger partial charge is 0.478 e. The van der Waals surface area contributed by atoms with Gasteiger partial charge < -0.3 is 5.11 Å². The van der Waals surface area contributed by atoms with E-state index in [9.17, 15) is 4.79 Å². The van der Waals surface area contributed by atoms with Crippen LogP contribution in [0.15, 0.2) is 42.5 Å². The third-order valence-corrected chi connectivity index (χ3v) is 3.06. The Hall–Kier alpha value is -1.80. The SMILES string of the molecule is Cc1c(C(=O)O)cccc1-c1ccccc1Cl. The number of rotatable bonds is 2. The maximum atomic E-state index is 11.1. The van der Waals surface area contributed by atoms with Gasteiger partial charge in [0.05, 0.1) is 5.56 Å². The molecule has 0 aliphatic rings. The fourth-order valence-corrected chi connectivity index (χ4v) is 2.08. The zero-order chi connectivity index (χ0) is 12.4. The maximum Gasteiger partial charge on any atom is 0.335 e. The van der Waals surface area contributed by atoms with Crippen molar-refractivity contribution in [1.82, 2.24) is 0 Å². The Labute approximate surface area is 104 Å². The van der Waals surface area contributed by atoms with Crippen molar-refractivity contribution in [3.05, 3.63) is 58.6 Å². The summed E-state index contributed by atoms with van der Waals surface area (Å²) in [6.07, 6.45) is 0. The van der Waals surface area contributed by atoms with Crippen molar-refractivity contribution in [2.24, 2.45) is 0 Å². The molecule has 0 bridgehead atoms. The third-order valence-electron chi connectivity index (χ3n) is 2.73. The Bertz CT molecular complexity index is 576. The molecule has 0 saturated heterocycles. The smallest absolute Gasteiger partial charge is 0.335 e. The Kier molecular flexibility index (Phi) is 3.16. The fourth-order valence-electron chi connectivity index (χ4n) is 1.84. The van der Waals surface area contributed by atoms with Crippen molar-refractivity contribution >= 4 is 17.6 Å². The maximum absolute atomic E-state index is 11.1. The molecule has 0 spiro atoms. The molecule has 0 radical (unpaired) electrons. The lowest BCUT2D eigenvalue weighted by atomic mass is 9.96. The zero-order valence-electron chi connectivity index (χ0n) is 9.27. The van der Waals surface area contributed by atoms with Crippen molar-refractivity contribution < 1.29 is 9.90 Å². The predicted octanol–water partition coefficient (Wildman–Crippen LogP) is 4.01. The summed E-state index contributed by atoms with van der Waals surface area (Å²) in [5, 5.41) is 9.70. The van der Waals surface area contributed by atoms with Gasteiger partial charge in [-0.1, -0.05) is 41.9 Å². The molecule has 0 saturated carbocycles. The molecule has 17 heavy (non-hydrogen) atoms. The number of carboxylic acids is 1. The van der Waals surface area contributed by atoms with Crippen molar-refractivity contribution in [3.63, 3.8) is 0 Å². The number of hydrogen-bond acceptors (Lipinski definition) is 1. The molecule has 0 unspecified atom stereocenters. The van der Waals surface area contributed by atoms with Gasteiger partial charge in [0.25, 0.3) is 0 Å². The van der Waals surface area contributed by atoms with Gasteiger partial charge in [-0.15, -0.1) is 0 Å². The first-order chi connectivity index (χ1) is 8.11. The first kappa shape index (κ1) is 11.7. The van der Waals surface area contributed by atoms with Crippen molar-refractivity contribution in [2.45, 2.75) is 6.92 Å². The van der Waals surface area contributed by atoms with Gasteiger partial charge >= 0.3 is 5.97 Å². The minimum absolute atomic E-state index is 0.308. The number of benzene rings is 2. The average molecular weight is 247 g/mol. The molecule has 0 aromatic heterocycles. The highest BCUT2D eigenvalue weighted by Crippen LogP contribution is 2.31. The standard InChI is InChI=1S/C14H11ClO2/c1-9-10(6-4-7-11(9)14(16)17)12-5-2-3-8-13(12)15/h2-8H,1H3,(H,16,17). The number of carboxylic acid groups (broad SMARTS) is 1. The summed E-state index contributed by atoms with van der Waals surface area (Å²) in [4.78, 5) is 11.1. The quantitative estimate of drug-likeness (QED) is 0.869. The van der Waals surface area contributed by atoms with Crippen LogP contribution in [0.3, 0.4) is 0 Å². The summed E-state index contributed by atoms with van der Waals surface area (Å²) in [5.41, 5.74) is 2.75. The van der Waals surface area contributed by atoms with E-state index in [1.807, 2.05) is 24.3 Å². The van der Waals surface area contributed by atoms with Crippen LogP contribution in [0.25, 0.3) is 11.1 Å². The van der Waals surface area contributed by atoms with E-state index in [0.29, 0.717) is 10.6 Å². The average Bonchev–Trinajstić information content (AvgIpc) is 2.30. The van der Waals surface area contributed by atoms with Crippen LogP contribution in [0.2, 0.25) is 5.02 Å². The summed E-state index contributed by atoms with van der Waals surface area (Å²) >= 11 is 6.12. The summed E-state index contributed by atoms with van der Waals surface area (Å²) in [6, 6.07) is 12.6. The third kappa shape index (κ3) is 2.17. The molecule has 0 atom stereocenters. The first-order valence-corrected chi connectivity index (χ1v) is 5.57. The highest BCUT2D eigenvalue weighted by atomic mass is 35.5. The lowest BCUT2D eigenvalue weighted by molar-refractivity contribution is 0.0696. The molecular formula is C14H11ClO2. The summed E-state index contributed by atoms with van der Waals surface area (Å²) < 4.78 is 0. The second-order valence-electron chi connectivity index (χ2n) is 3.76. The highest BCUT2D eigenvalue weighted by Gasteiger charge is 2.12. The molecule has 1 N–H and O–H groups in total. The normalized spacial score (nSPS) is 10.2. The second-order valence-corrected chi connectivity index (χ2v) is 4.17. The minimum Gasteiger partial charge on any atom is -0.478 e. The van der Waals surface area contributed by atoms with Crippen molar-refractivity contribution in [2.75, 3.05) is 0 Å². The molecular weight excluding hydrogens is 236 g/mol. The van der Waals surface area contributed by atoms with Crippen LogP contribution in [0.5, 0.6) is 0 Å². The number of carbonyl (C=O) groups is 1. The molecule has 0 aliphatic carbocycles. The Morgan fingerprint density at radius 3 is 2.35 bits per heavy atom. The monoisotopic (exact) mass is 246 g/mol. The predicted molar refractivity (Wildman–Crippen MR) is 68.6 cm³/mol. The summed E-state index contributed by atoms with van der Waals surface area (Å²) in [5.74, 6) is -0.920. The zero-order valence-corrected chi connectivity index (χ0v) is 10.0. The fraction of sp³-hybridized carbons (Fsp3) is 0.0714. The van der Waals surface area contributed by atoms with Gasteiger partial charge in [0.2, 0.25) is 0 Å². The molecule has 0 fully saturated rings. The second kappa shape index (κ2) is 4.60. The van der Waals surface area contributed by atoms with Gasteiger partial charge in [-0.2, -0.15) is 0 Å². The van der Waals surface area contributed by atoms with E-state index in [1.165, 1.54) is 0 Å². The highest BCUT2D eigenvalue weighted by molar-refractivity contribution is 6.33. The van der Waals surface area contributed by atoms with Crippen molar-refractivity contribution in [3.8, 4) is 11.1 Å². The van der Waals surface area contributed by atoms with E-state index in [0.717, 1.165) is 16.7 Å². The van der Waals surface area contributed by atoms with Crippen LogP contribution in [0.1, 0.15) is 15.9 Å². The first-order valence-electron chi connectivity index (χ1n) is 5.19. The molecule has 3 heteroatoms. The van der Waals surface area contributed by atoms with Gasteiger partial charge in [-0.3, -0.25) is 0 Å². The van der Waals surface area contributed by atoms with E-state index >= 15 is 0 Å². The van der Waals surface area contributed by atoms with E-state index in [2.05, 4.69) is 0 Å². The lowest BCUT2D eigenvalue weighted by Gasteiger charge is -2.10. The summed E-state index contributed by atoms with van der Waals surface area (Å²) in [6.45, 7) is 1.79. The minimum atomic E-state index is -0.920. The number of hydrogen-bond donors (Lipinski definition) is 1. The van der Waals surface area contributed by atoms with Gasteiger partial charge in [0.15, 0.2) is 0 Å². The Morgan fingerprint density at radius 2 is 1.71 bits per heavy atom. The van der Waals surface area contributed by atoms with Gasteiger partial charge in [0.1, 0.15) is 0 Å². The van der Waals surface area contributed by atoms with Gasteiger partial charge in [-0.05, 0) is 30.2 Å². The van der Waals surface area contributed by atoms with Crippen LogP contribution in [-0.4, -0.2) is 11.1 Å². The molecule has 0 aliphatic heterocycles. The van der Waals surface area contributed by atoms with Gasteiger partial charge in [0, 0.05) is 10.6 Å². The van der Waals surface area contributed by atoms with Crippen molar-refractivity contribution in [1.29, 1.82) is 0 Å². The van der Waals surface area contributed by atoms with Crippen LogP contribution >= 0.6 is 11.6 Å². The number of aromatic carboxylic acids is 1. The Morgan fingerprint density at radius 1 is 1.06 bits per heavy atom.